The molecule has 1 rings (SSSR count). The average molecular weight is 1080 g/mol. The highest BCUT2D eigenvalue weighted by atomic mass is 16.7. The number of aliphatic carboxylic acids is 1. The number of ether oxygens (including phenoxy) is 5. The van der Waals surface area contributed by atoms with Crippen LogP contribution >= 0.6 is 0 Å². The molecule has 0 bridgehead atoms. The summed E-state index contributed by atoms with van der Waals surface area (Å²) in [6, 6.07) is 0. The van der Waals surface area contributed by atoms with Crippen molar-refractivity contribution in [2.75, 3.05) is 13.2 Å². The minimum atomic E-state index is -1.92. The number of aliphatic hydroxyl groups is 2. The SMILES string of the molecule is CC/C=C\C/C=C\C/C=C\C/C=C\C/C=C\CCCCCC(=O)OCC(COC1OC(C(=O)O)C(O)C(O)C1OC(=O)CCCCCCC/C=C\C/C=C\CCC)OC(=O)CCCCCCC/C=C\CCCCCCCC. The molecule has 0 aromatic carbocycles. The van der Waals surface area contributed by atoms with Crippen molar-refractivity contribution in [3.8, 4) is 0 Å². The topological polar surface area (TPSA) is 175 Å². The van der Waals surface area contributed by atoms with E-state index in [1.54, 1.807) is 0 Å². The molecule has 0 amide bonds. The predicted molar refractivity (Wildman–Crippen MR) is 312 cm³/mol. The van der Waals surface area contributed by atoms with Crippen LogP contribution in [-0.4, -0.2) is 89.2 Å². The summed E-state index contributed by atoms with van der Waals surface area (Å²) in [4.78, 5) is 51.1. The van der Waals surface area contributed by atoms with Crippen LogP contribution in [0.25, 0.3) is 0 Å². The number of aliphatic hydroxyl groups excluding tert-OH is 2. The zero-order valence-corrected chi connectivity index (χ0v) is 48.2. The zero-order chi connectivity index (χ0) is 56.1. The quantitative estimate of drug-likeness (QED) is 0.0228. The summed E-state index contributed by atoms with van der Waals surface area (Å²) in [5, 5.41) is 31.5. The molecule has 0 radical (unpaired) electrons. The lowest BCUT2D eigenvalue weighted by Gasteiger charge is -2.40. The third-order valence-corrected chi connectivity index (χ3v) is 13.1. The summed E-state index contributed by atoms with van der Waals surface area (Å²) in [6.45, 7) is 5.76. The van der Waals surface area contributed by atoms with E-state index in [0.29, 0.717) is 19.3 Å². The maximum absolute atomic E-state index is 13.2. The van der Waals surface area contributed by atoms with E-state index in [-0.39, 0.29) is 25.9 Å². The molecule has 6 atom stereocenters. The number of rotatable bonds is 50. The van der Waals surface area contributed by atoms with E-state index in [1.165, 1.54) is 38.5 Å². The van der Waals surface area contributed by atoms with E-state index in [2.05, 4.69) is 118 Å². The van der Waals surface area contributed by atoms with Crippen molar-refractivity contribution in [2.24, 2.45) is 0 Å². The van der Waals surface area contributed by atoms with Crippen molar-refractivity contribution < 1.29 is 58.2 Å². The van der Waals surface area contributed by atoms with Crippen molar-refractivity contribution in [1.29, 1.82) is 0 Å². The van der Waals surface area contributed by atoms with Gasteiger partial charge in [0, 0.05) is 19.3 Å². The van der Waals surface area contributed by atoms with Crippen LogP contribution in [0.3, 0.4) is 0 Å². The maximum atomic E-state index is 13.2. The van der Waals surface area contributed by atoms with Gasteiger partial charge in [-0.2, -0.15) is 0 Å². The van der Waals surface area contributed by atoms with Crippen LogP contribution in [0.15, 0.2) is 97.2 Å². The average Bonchev–Trinajstić information content (AvgIpc) is 3.42. The smallest absolute Gasteiger partial charge is 0.335 e. The molecule has 0 spiro atoms. The summed E-state index contributed by atoms with van der Waals surface area (Å²) in [5.74, 6) is -3.20. The van der Waals surface area contributed by atoms with Crippen molar-refractivity contribution in [2.45, 2.75) is 276 Å². The molecule has 12 nitrogen and oxygen atoms in total. The number of unbranched alkanes of at least 4 members (excludes halogenated alkanes) is 20. The van der Waals surface area contributed by atoms with Gasteiger partial charge in [-0.25, -0.2) is 4.79 Å². The highest BCUT2D eigenvalue weighted by Gasteiger charge is 2.50. The number of esters is 3. The van der Waals surface area contributed by atoms with Crippen LogP contribution in [0.4, 0.5) is 0 Å². The molecule has 438 valence electrons. The van der Waals surface area contributed by atoms with Gasteiger partial charge in [0.2, 0.25) is 0 Å². The van der Waals surface area contributed by atoms with E-state index in [9.17, 15) is 34.5 Å². The number of carboxylic acids is 1. The van der Waals surface area contributed by atoms with E-state index in [4.69, 9.17) is 23.7 Å². The Morgan fingerprint density at radius 1 is 0.442 bits per heavy atom. The minimum absolute atomic E-state index is 0.0360. The second-order valence-corrected chi connectivity index (χ2v) is 20.2. The molecule has 1 aliphatic rings. The van der Waals surface area contributed by atoms with E-state index < -0.39 is 67.3 Å². The van der Waals surface area contributed by atoms with Crippen LogP contribution in [-0.2, 0) is 42.9 Å². The van der Waals surface area contributed by atoms with Crippen LogP contribution < -0.4 is 0 Å². The van der Waals surface area contributed by atoms with Crippen molar-refractivity contribution in [3.05, 3.63) is 97.2 Å². The fraction of sp³-hybridized carbons (Fsp3) is 0.692. The Balaban J connectivity index is 2.72. The first-order valence-corrected chi connectivity index (χ1v) is 30.2. The maximum Gasteiger partial charge on any atom is 0.335 e. The first-order valence-electron chi connectivity index (χ1n) is 30.2. The van der Waals surface area contributed by atoms with Gasteiger partial charge in [-0.1, -0.05) is 201 Å². The molecule has 0 aromatic rings. The van der Waals surface area contributed by atoms with Gasteiger partial charge in [0.25, 0.3) is 0 Å². The Morgan fingerprint density at radius 3 is 1.32 bits per heavy atom. The Bertz CT molecular complexity index is 1710. The first-order chi connectivity index (χ1) is 37.6. The summed E-state index contributed by atoms with van der Waals surface area (Å²) in [6.07, 6.45) is 56.6. The number of allylic oxidation sites excluding steroid dienone is 16. The fourth-order valence-electron chi connectivity index (χ4n) is 8.48. The van der Waals surface area contributed by atoms with Crippen LogP contribution in [0.5, 0.6) is 0 Å². The lowest BCUT2D eigenvalue weighted by atomic mass is 9.98. The summed E-state index contributed by atoms with van der Waals surface area (Å²) in [5.41, 5.74) is 0. The van der Waals surface area contributed by atoms with Crippen LogP contribution in [0.1, 0.15) is 239 Å². The second kappa shape index (κ2) is 52.3. The van der Waals surface area contributed by atoms with Crippen molar-refractivity contribution in [3.63, 3.8) is 0 Å². The molecular formula is C65H106O12. The molecule has 1 fully saturated rings. The standard InChI is InChI=1S/C65H106O12/c1-4-7-10-13-16-19-22-25-27-28-29-30-32-34-36-39-42-45-48-51-57(66)73-54-56(75-58(67)52-49-46-43-40-38-35-31-26-23-20-17-14-11-8-5-2)55-74-65-63(61(70)60(69)62(77-65)64(71)72)76-59(68)53-50-47-44-41-37-33-24-21-18-15-12-9-6-3/h7,10,12,15-16,19,21,24-27,29-31,34,36,56,60-63,65,69-70H,4-6,8-9,11,13-14,17-18,20,22-23,28,32-33,35,37-55H2,1-3H3,(H,71,72)/b10-7-,15-12-,19-16-,24-21-,27-25-,30-29-,31-26-,36-34-. The summed E-state index contributed by atoms with van der Waals surface area (Å²) in [7, 11) is 0. The Kier molecular flexibility index (Phi) is 48.0. The molecule has 1 saturated heterocycles. The number of carbonyl (C=O) groups is 4. The Hall–Kier alpha value is -4.36. The number of carbonyl (C=O) groups excluding carboxylic acids is 3. The number of hydrogen-bond donors (Lipinski definition) is 3. The molecule has 0 aliphatic carbocycles. The fourth-order valence-corrected chi connectivity index (χ4v) is 8.48. The van der Waals surface area contributed by atoms with Crippen LogP contribution in [0.2, 0.25) is 0 Å². The monoisotopic (exact) mass is 1080 g/mol. The normalized spacial score (nSPS) is 18.7. The predicted octanol–water partition coefficient (Wildman–Crippen LogP) is 15.7. The van der Waals surface area contributed by atoms with Gasteiger partial charge < -0.3 is 39.0 Å². The van der Waals surface area contributed by atoms with Gasteiger partial charge in [-0.3, -0.25) is 14.4 Å². The largest absolute Gasteiger partial charge is 0.479 e. The molecule has 12 heteroatoms. The van der Waals surface area contributed by atoms with Gasteiger partial charge in [0.1, 0.15) is 18.8 Å². The second-order valence-electron chi connectivity index (χ2n) is 20.2. The molecule has 0 aromatic heterocycles. The van der Waals surface area contributed by atoms with Gasteiger partial charge >= 0.3 is 23.9 Å². The minimum Gasteiger partial charge on any atom is -0.479 e. The van der Waals surface area contributed by atoms with E-state index in [0.717, 1.165) is 141 Å². The van der Waals surface area contributed by atoms with Crippen LogP contribution in [0, 0.1) is 0 Å². The van der Waals surface area contributed by atoms with Gasteiger partial charge in [-0.05, 0) is 116 Å². The molecular weight excluding hydrogens is 973 g/mol. The van der Waals surface area contributed by atoms with Gasteiger partial charge in [-0.15, -0.1) is 0 Å². The van der Waals surface area contributed by atoms with Gasteiger partial charge in [0.05, 0.1) is 6.61 Å². The third-order valence-electron chi connectivity index (χ3n) is 13.1. The number of hydrogen-bond acceptors (Lipinski definition) is 11. The van der Waals surface area contributed by atoms with E-state index >= 15 is 0 Å². The summed E-state index contributed by atoms with van der Waals surface area (Å²) < 4.78 is 28.4. The molecule has 0 saturated carbocycles. The zero-order valence-electron chi connectivity index (χ0n) is 48.2. The summed E-state index contributed by atoms with van der Waals surface area (Å²) >= 11 is 0. The van der Waals surface area contributed by atoms with Crippen molar-refractivity contribution >= 4 is 23.9 Å². The highest BCUT2D eigenvalue weighted by molar-refractivity contribution is 5.74. The third kappa shape index (κ3) is 42.3. The Morgan fingerprint density at radius 2 is 0.844 bits per heavy atom. The van der Waals surface area contributed by atoms with Crippen molar-refractivity contribution in [1.82, 2.24) is 0 Å². The van der Waals surface area contributed by atoms with E-state index in [1.807, 2.05) is 0 Å². The Labute approximate surface area is 466 Å². The molecule has 1 heterocycles. The lowest BCUT2D eigenvalue weighted by molar-refractivity contribution is -0.301. The van der Waals surface area contributed by atoms with Gasteiger partial charge in [0.15, 0.2) is 24.6 Å². The molecule has 3 N–H and O–H groups in total. The molecule has 1 aliphatic heterocycles. The molecule has 77 heavy (non-hydrogen) atoms. The molecule has 6 unspecified atom stereocenters. The highest BCUT2D eigenvalue weighted by Crippen LogP contribution is 2.26. The number of carboxylic acid groups (broad SMARTS) is 1. The first kappa shape index (κ1) is 70.7. The lowest BCUT2D eigenvalue weighted by Crippen LogP contribution is -2.61.